The van der Waals surface area contributed by atoms with Gasteiger partial charge in [-0.1, -0.05) is 24.3 Å². The lowest BCUT2D eigenvalue weighted by atomic mass is 10.0. The first-order valence-electron chi connectivity index (χ1n) is 5.57. The standard InChI is InChI=1S/C13H11NO2S/c15-13(16)12-14-11-9-6-2-1-4-8(9)5-3-7-10(11)17-12/h1-2,4,6H,3,5,7H2,(H,15,16). The zero-order valence-corrected chi connectivity index (χ0v) is 9.96. The molecule has 1 aliphatic rings. The van der Waals surface area contributed by atoms with E-state index in [0.717, 1.165) is 35.4 Å². The number of benzene rings is 1. The third-order valence-corrected chi connectivity index (χ3v) is 4.11. The van der Waals surface area contributed by atoms with Gasteiger partial charge in [0.25, 0.3) is 0 Å². The molecule has 1 aliphatic carbocycles. The van der Waals surface area contributed by atoms with E-state index in [1.165, 1.54) is 16.9 Å². The Morgan fingerprint density at radius 2 is 2.12 bits per heavy atom. The Hall–Kier alpha value is -1.68. The molecule has 17 heavy (non-hydrogen) atoms. The minimum absolute atomic E-state index is 0.201. The van der Waals surface area contributed by atoms with Crippen LogP contribution in [0.3, 0.4) is 0 Å². The van der Waals surface area contributed by atoms with Crippen LogP contribution in [0.25, 0.3) is 11.3 Å². The molecule has 2 aromatic rings. The topological polar surface area (TPSA) is 50.2 Å². The smallest absolute Gasteiger partial charge is 0.365 e. The van der Waals surface area contributed by atoms with Crippen LogP contribution in [0.1, 0.15) is 26.7 Å². The lowest BCUT2D eigenvalue weighted by Crippen LogP contribution is -1.95. The van der Waals surface area contributed by atoms with Gasteiger partial charge in [-0.2, -0.15) is 0 Å². The zero-order chi connectivity index (χ0) is 11.8. The van der Waals surface area contributed by atoms with Gasteiger partial charge in [0, 0.05) is 10.4 Å². The Kier molecular flexibility index (Phi) is 2.44. The number of carboxylic acids is 1. The summed E-state index contributed by atoms with van der Waals surface area (Å²) < 4.78 is 0. The summed E-state index contributed by atoms with van der Waals surface area (Å²) in [4.78, 5) is 16.3. The molecule has 0 radical (unpaired) electrons. The van der Waals surface area contributed by atoms with E-state index in [2.05, 4.69) is 11.1 Å². The van der Waals surface area contributed by atoms with Crippen molar-refractivity contribution in [2.45, 2.75) is 19.3 Å². The van der Waals surface area contributed by atoms with E-state index in [4.69, 9.17) is 5.11 Å². The highest BCUT2D eigenvalue weighted by Crippen LogP contribution is 2.35. The highest BCUT2D eigenvalue weighted by molar-refractivity contribution is 7.14. The van der Waals surface area contributed by atoms with Crippen LogP contribution in [-0.4, -0.2) is 16.1 Å². The number of fused-ring (bicyclic) bond motifs is 3. The number of thiazole rings is 1. The fourth-order valence-corrected chi connectivity index (χ4v) is 3.19. The van der Waals surface area contributed by atoms with E-state index >= 15 is 0 Å². The lowest BCUT2D eigenvalue weighted by molar-refractivity contribution is 0.0696. The molecule has 0 saturated heterocycles. The Bertz CT molecular complexity index is 589. The number of nitrogens with zero attached hydrogens (tertiary/aromatic N) is 1. The van der Waals surface area contributed by atoms with Gasteiger partial charge in [-0.05, 0) is 24.8 Å². The van der Waals surface area contributed by atoms with Crippen LogP contribution in [0, 0.1) is 0 Å². The third-order valence-electron chi connectivity index (χ3n) is 3.00. The summed E-state index contributed by atoms with van der Waals surface area (Å²) >= 11 is 1.31. The highest BCUT2D eigenvalue weighted by atomic mass is 32.1. The maximum atomic E-state index is 11.0. The molecule has 0 amide bonds. The van der Waals surface area contributed by atoms with Gasteiger partial charge in [-0.25, -0.2) is 9.78 Å². The van der Waals surface area contributed by atoms with Crippen LogP contribution < -0.4 is 0 Å². The van der Waals surface area contributed by atoms with Crippen LogP contribution in [0.2, 0.25) is 0 Å². The van der Waals surface area contributed by atoms with Crippen molar-refractivity contribution in [3.05, 3.63) is 39.7 Å². The summed E-state index contributed by atoms with van der Waals surface area (Å²) in [6.45, 7) is 0. The molecule has 1 heterocycles. The molecule has 0 bridgehead atoms. The molecule has 4 heteroatoms. The minimum Gasteiger partial charge on any atom is -0.476 e. The third kappa shape index (κ3) is 1.74. The number of carboxylic acid groups (broad SMARTS) is 1. The van der Waals surface area contributed by atoms with E-state index < -0.39 is 5.97 Å². The second-order valence-electron chi connectivity index (χ2n) is 4.11. The van der Waals surface area contributed by atoms with Crippen LogP contribution in [0.5, 0.6) is 0 Å². The van der Waals surface area contributed by atoms with Crippen LogP contribution in [0.15, 0.2) is 24.3 Å². The Labute approximate surface area is 103 Å². The molecule has 0 saturated carbocycles. The van der Waals surface area contributed by atoms with Crippen LogP contribution in [0.4, 0.5) is 0 Å². The molecule has 86 valence electrons. The summed E-state index contributed by atoms with van der Waals surface area (Å²) in [6, 6.07) is 8.14. The largest absolute Gasteiger partial charge is 0.476 e. The van der Waals surface area contributed by atoms with Gasteiger partial charge >= 0.3 is 5.97 Å². The lowest BCUT2D eigenvalue weighted by Gasteiger charge is -2.03. The molecule has 3 rings (SSSR count). The molecular formula is C13H11NO2S. The maximum absolute atomic E-state index is 11.0. The number of rotatable bonds is 1. The summed E-state index contributed by atoms with van der Waals surface area (Å²) in [5.74, 6) is -0.930. The van der Waals surface area contributed by atoms with Gasteiger partial charge in [0.15, 0.2) is 0 Å². The number of hydrogen-bond acceptors (Lipinski definition) is 3. The Balaban J connectivity index is 2.21. The summed E-state index contributed by atoms with van der Waals surface area (Å²) in [6.07, 6.45) is 3.03. The molecule has 0 spiro atoms. The maximum Gasteiger partial charge on any atom is 0.365 e. The first-order chi connectivity index (χ1) is 8.25. The minimum atomic E-state index is -0.930. The van der Waals surface area contributed by atoms with Crippen LogP contribution in [-0.2, 0) is 12.8 Å². The number of hydrogen-bond donors (Lipinski definition) is 1. The van der Waals surface area contributed by atoms with Crippen molar-refractivity contribution in [1.82, 2.24) is 4.98 Å². The van der Waals surface area contributed by atoms with Crippen molar-refractivity contribution in [3.63, 3.8) is 0 Å². The summed E-state index contributed by atoms with van der Waals surface area (Å²) in [5.41, 5.74) is 3.25. The van der Waals surface area contributed by atoms with E-state index in [0.29, 0.717) is 0 Å². The van der Waals surface area contributed by atoms with Crippen molar-refractivity contribution in [2.75, 3.05) is 0 Å². The van der Waals surface area contributed by atoms with E-state index in [1.54, 1.807) is 0 Å². The zero-order valence-electron chi connectivity index (χ0n) is 9.14. The number of aromatic nitrogens is 1. The second kappa shape index (κ2) is 3.96. The van der Waals surface area contributed by atoms with Crippen molar-refractivity contribution >= 4 is 17.3 Å². The Morgan fingerprint density at radius 1 is 1.29 bits per heavy atom. The molecule has 0 unspecified atom stereocenters. The monoisotopic (exact) mass is 245 g/mol. The van der Waals surface area contributed by atoms with Gasteiger partial charge in [0.05, 0.1) is 5.69 Å². The fraction of sp³-hybridized carbons (Fsp3) is 0.231. The van der Waals surface area contributed by atoms with Crippen molar-refractivity contribution < 1.29 is 9.90 Å². The van der Waals surface area contributed by atoms with E-state index in [9.17, 15) is 4.79 Å². The predicted molar refractivity (Wildman–Crippen MR) is 66.5 cm³/mol. The van der Waals surface area contributed by atoms with Crippen molar-refractivity contribution in [1.29, 1.82) is 0 Å². The van der Waals surface area contributed by atoms with Gasteiger partial charge in [0.2, 0.25) is 5.01 Å². The first-order valence-corrected chi connectivity index (χ1v) is 6.38. The number of aromatic carboxylic acids is 1. The van der Waals surface area contributed by atoms with E-state index in [-0.39, 0.29) is 5.01 Å². The van der Waals surface area contributed by atoms with Crippen molar-refractivity contribution in [2.24, 2.45) is 0 Å². The predicted octanol–water partition coefficient (Wildman–Crippen LogP) is 3.00. The quantitative estimate of drug-likeness (QED) is 0.840. The fourth-order valence-electron chi connectivity index (χ4n) is 2.23. The molecule has 3 nitrogen and oxygen atoms in total. The van der Waals surface area contributed by atoms with Crippen LogP contribution >= 0.6 is 11.3 Å². The molecule has 0 atom stereocenters. The second-order valence-corrected chi connectivity index (χ2v) is 5.19. The highest BCUT2D eigenvalue weighted by Gasteiger charge is 2.21. The molecule has 1 aromatic heterocycles. The first kappa shape index (κ1) is 10.5. The van der Waals surface area contributed by atoms with Gasteiger partial charge in [-0.3, -0.25) is 0 Å². The molecule has 0 aliphatic heterocycles. The molecular weight excluding hydrogens is 234 g/mol. The molecule has 1 aromatic carbocycles. The number of aryl methyl sites for hydroxylation is 2. The van der Waals surface area contributed by atoms with Crippen molar-refractivity contribution in [3.8, 4) is 11.3 Å². The summed E-state index contributed by atoms with van der Waals surface area (Å²) in [7, 11) is 0. The average Bonchev–Trinajstić information content (AvgIpc) is 2.67. The summed E-state index contributed by atoms with van der Waals surface area (Å²) in [5, 5.41) is 9.20. The normalized spacial score (nSPS) is 13.6. The van der Waals surface area contributed by atoms with Gasteiger partial charge < -0.3 is 5.11 Å². The van der Waals surface area contributed by atoms with Gasteiger partial charge in [-0.15, -0.1) is 11.3 Å². The molecule has 1 N–H and O–H groups in total. The molecule has 0 fully saturated rings. The van der Waals surface area contributed by atoms with E-state index in [1.807, 2.05) is 18.2 Å². The van der Waals surface area contributed by atoms with Gasteiger partial charge in [0.1, 0.15) is 0 Å². The Morgan fingerprint density at radius 3 is 2.94 bits per heavy atom. The average molecular weight is 245 g/mol. The SMILES string of the molecule is O=C(O)c1nc2c(s1)CCCc1ccccc1-2. The number of carbonyl (C=O) groups is 1.